The summed E-state index contributed by atoms with van der Waals surface area (Å²) in [6, 6.07) is 0. The molecule has 6 N–H and O–H groups in total. The second kappa shape index (κ2) is 5.51. The van der Waals surface area contributed by atoms with Crippen molar-refractivity contribution in [3.8, 4) is 10.6 Å². The fourth-order valence-electron chi connectivity index (χ4n) is 1.39. The van der Waals surface area contributed by atoms with Gasteiger partial charge in [0.15, 0.2) is 0 Å². The van der Waals surface area contributed by atoms with E-state index in [1.807, 2.05) is 12.3 Å². The van der Waals surface area contributed by atoms with Crippen molar-refractivity contribution in [3.63, 3.8) is 0 Å². The zero-order valence-electron chi connectivity index (χ0n) is 10.1. The first-order chi connectivity index (χ1) is 8.99. The molecule has 0 aliphatic carbocycles. The number of rotatable bonds is 5. The number of carbonyl (C=O) groups is 1. The quantitative estimate of drug-likeness (QED) is 0.633. The molecule has 1 amide bonds. The Balaban J connectivity index is 2.21. The predicted octanol–water partition coefficient (Wildman–Crippen LogP) is 0.415. The number of anilines is 2. The summed E-state index contributed by atoms with van der Waals surface area (Å²) < 4.78 is 4.05. The Morgan fingerprint density at radius 1 is 1.63 bits per heavy atom. The van der Waals surface area contributed by atoms with E-state index in [0.717, 1.165) is 22.2 Å². The van der Waals surface area contributed by atoms with Crippen LogP contribution in [0.5, 0.6) is 0 Å². The van der Waals surface area contributed by atoms with Gasteiger partial charge in [-0.05, 0) is 18.5 Å². The number of aliphatic hydroxyl groups is 1. The number of hydrogen-bond acceptors (Lipinski definition) is 8. The van der Waals surface area contributed by atoms with Gasteiger partial charge in [-0.25, -0.2) is 4.98 Å². The molecule has 1 unspecified atom stereocenters. The molecule has 102 valence electrons. The van der Waals surface area contributed by atoms with Gasteiger partial charge in [-0.2, -0.15) is 4.37 Å². The molecular formula is C10H13N5O2S2. The van der Waals surface area contributed by atoms with Crippen LogP contribution in [-0.2, 0) is 4.79 Å². The summed E-state index contributed by atoms with van der Waals surface area (Å²) in [4.78, 5) is 15.1. The lowest BCUT2D eigenvalue weighted by Gasteiger charge is -2.08. The fraction of sp³-hybridized carbons (Fsp3) is 0.300. The average Bonchev–Trinajstić information content (AvgIpc) is 2.92. The first-order valence-corrected chi connectivity index (χ1v) is 7.03. The van der Waals surface area contributed by atoms with Gasteiger partial charge < -0.3 is 21.9 Å². The van der Waals surface area contributed by atoms with Gasteiger partial charge >= 0.3 is 0 Å². The third-order valence-corrected chi connectivity index (χ3v) is 4.13. The summed E-state index contributed by atoms with van der Waals surface area (Å²) >= 11 is 2.61. The number of nitrogen functional groups attached to an aromatic ring is 1. The lowest BCUT2D eigenvalue weighted by molar-refractivity contribution is -0.125. The van der Waals surface area contributed by atoms with Gasteiger partial charge in [0.1, 0.15) is 21.9 Å². The van der Waals surface area contributed by atoms with Crippen LogP contribution >= 0.6 is 22.9 Å². The molecule has 0 radical (unpaired) electrons. The minimum atomic E-state index is -1.26. The van der Waals surface area contributed by atoms with Gasteiger partial charge in [0, 0.05) is 11.1 Å². The molecule has 0 saturated heterocycles. The number of aromatic nitrogens is 2. The monoisotopic (exact) mass is 299 g/mol. The first-order valence-electron chi connectivity index (χ1n) is 5.38. The largest absolute Gasteiger partial charge is 0.382 e. The van der Waals surface area contributed by atoms with Crippen LogP contribution in [-0.4, -0.2) is 33.0 Å². The SMILES string of the molecule is Cc1csc(-c2c(N)nsc2NCC(O)C(N)=O)n1. The number of amides is 1. The van der Waals surface area contributed by atoms with Gasteiger partial charge in [-0.15, -0.1) is 11.3 Å². The molecular weight excluding hydrogens is 286 g/mol. The van der Waals surface area contributed by atoms with E-state index in [2.05, 4.69) is 14.7 Å². The Morgan fingerprint density at radius 2 is 2.37 bits per heavy atom. The van der Waals surface area contributed by atoms with Crippen molar-refractivity contribution in [1.82, 2.24) is 9.36 Å². The van der Waals surface area contributed by atoms with Gasteiger partial charge in [0.05, 0.1) is 12.1 Å². The molecule has 0 saturated carbocycles. The maximum atomic E-state index is 10.8. The molecule has 7 nitrogen and oxygen atoms in total. The summed E-state index contributed by atoms with van der Waals surface area (Å²) in [5.41, 5.74) is 12.4. The van der Waals surface area contributed by atoms with Crippen LogP contribution < -0.4 is 16.8 Å². The van der Waals surface area contributed by atoms with Crippen LogP contribution in [0.15, 0.2) is 5.38 Å². The number of thiazole rings is 1. The summed E-state index contributed by atoms with van der Waals surface area (Å²) in [5.74, 6) is -0.410. The van der Waals surface area contributed by atoms with E-state index in [1.54, 1.807) is 0 Å². The summed E-state index contributed by atoms with van der Waals surface area (Å²) in [6.45, 7) is 1.90. The van der Waals surface area contributed by atoms with E-state index in [1.165, 1.54) is 11.3 Å². The van der Waals surface area contributed by atoms with Crippen molar-refractivity contribution in [3.05, 3.63) is 11.1 Å². The Morgan fingerprint density at radius 3 is 2.95 bits per heavy atom. The minimum Gasteiger partial charge on any atom is -0.382 e. The zero-order valence-corrected chi connectivity index (χ0v) is 11.7. The summed E-state index contributed by atoms with van der Waals surface area (Å²) in [6.07, 6.45) is -1.26. The predicted molar refractivity (Wildman–Crippen MR) is 76.1 cm³/mol. The Hall–Kier alpha value is -1.71. The Kier molecular flexibility index (Phi) is 3.98. The number of aliphatic hydroxyl groups excluding tert-OH is 1. The number of nitrogens with two attached hydrogens (primary N) is 2. The minimum absolute atomic E-state index is 0.00826. The molecule has 19 heavy (non-hydrogen) atoms. The molecule has 2 rings (SSSR count). The molecule has 2 aromatic rings. The number of hydrogen-bond donors (Lipinski definition) is 4. The topological polar surface area (TPSA) is 127 Å². The van der Waals surface area contributed by atoms with E-state index in [9.17, 15) is 9.90 Å². The highest BCUT2D eigenvalue weighted by Crippen LogP contribution is 2.38. The van der Waals surface area contributed by atoms with E-state index in [4.69, 9.17) is 11.5 Å². The van der Waals surface area contributed by atoms with Crippen LogP contribution in [0.2, 0.25) is 0 Å². The number of nitrogens with zero attached hydrogens (tertiary/aromatic N) is 2. The lowest BCUT2D eigenvalue weighted by Crippen LogP contribution is -2.34. The number of carbonyl (C=O) groups excluding carboxylic acids is 1. The van der Waals surface area contributed by atoms with Gasteiger partial charge in [-0.3, -0.25) is 4.79 Å². The van der Waals surface area contributed by atoms with Crippen molar-refractivity contribution >= 4 is 39.6 Å². The van der Waals surface area contributed by atoms with Crippen LogP contribution in [0.1, 0.15) is 5.69 Å². The molecule has 0 spiro atoms. The molecule has 0 aromatic carbocycles. The Labute approximate surface area is 117 Å². The highest BCUT2D eigenvalue weighted by molar-refractivity contribution is 7.15. The maximum absolute atomic E-state index is 10.8. The van der Waals surface area contributed by atoms with E-state index < -0.39 is 12.0 Å². The standard InChI is InChI=1S/C10H13N5O2S2/c1-4-3-18-10(14-4)6-7(11)15-19-9(6)13-2-5(16)8(12)17/h3,5,13,16H,2H2,1H3,(H2,11,15)(H2,12,17). The smallest absolute Gasteiger partial charge is 0.248 e. The summed E-state index contributed by atoms with van der Waals surface area (Å²) in [7, 11) is 0. The Bertz CT molecular complexity index is 595. The second-order valence-electron chi connectivity index (χ2n) is 3.87. The molecule has 0 bridgehead atoms. The van der Waals surface area contributed by atoms with Crippen molar-refractivity contribution in [2.45, 2.75) is 13.0 Å². The number of primary amides is 1. The molecule has 0 aliphatic heterocycles. The molecule has 0 fully saturated rings. The summed E-state index contributed by atoms with van der Waals surface area (Å²) in [5, 5.41) is 15.6. The first kappa shape index (κ1) is 13.7. The van der Waals surface area contributed by atoms with E-state index >= 15 is 0 Å². The van der Waals surface area contributed by atoms with Gasteiger partial charge in [0.2, 0.25) is 5.91 Å². The van der Waals surface area contributed by atoms with E-state index in [0.29, 0.717) is 16.4 Å². The van der Waals surface area contributed by atoms with Gasteiger partial charge in [0.25, 0.3) is 0 Å². The van der Waals surface area contributed by atoms with Crippen LogP contribution in [0.25, 0.3) is 10.6 Å². The average molecular weight is 299 g/mol. The lowest BCUT2D eigenvalue weighted by atomic mass is 10.3. The van der Waals surface area contributed by atoms with Crippen molar-refractivity contribution in [2.24, 2.45) is 5.73 Å². The van der Waals surface area contributed by atoms with Crippen LogP contribution in [0.3, 0.4) is 0 Å². The molecule has 0 aliphatic rings. The molecule has 9 heteroatoms. The fourth-order valence-corrected chi connectivity index (χ4v) is 3.03. The normalized spacial score (nSPS) is 12.3. The van der Waals surface area contributed by atoms with Crippen LogP contribution in [0, 0.1) is 6.92 Å². The molecule has 2 heterocycles. The third kappa shape index (κ3) is 3.00. The molecule has 2 aromatic heterocycles. The third-order valence-electron chi connectivity index (χ3n) is 2.34. The second-order valence-corrected chi connectivity index (χ2v) is 5.50. The van der Waals surface area contributed by atoms with Crippen LogP contribution in [0.4, 0.5) is 10.8 Å². The zero-order chi connectivity index (χ0) is 14.0. The molecule has 1 atom stereocenters. The van der Waals surface area contributed by atoms with E-state index in [-0.39, 0.29) is 6.54 Å². The number of nitrogens with one attached hydrogen (secondary N) is 1. The highest BCUT2D eigenvalue weighted by Gasteiger charge is 2.18. The van der Waals surface area contributed by atoms with Gasteiger partial charge in [-0.1, -0.05) is 0 Å². The van der Waals surface area contributed by atoms with Crippen molar-refractivity contribution in [2.75, 3.05) is 17.6 Å². The number of aryl methyl sites for hydroxylation is 1. The van der Waals surface area contributed by atoms with Crippen molar-refractivity contribution < 1.29 is 9.90 Å². The van der Waals surface area contributed by atoms with Crippen molar-refractivity contribution in [1.29, 1.82) is 0 Å². The maximum Gasteiger partial charge on any atom is 0.248 e. The highest BCUT2D eigenvalue weighted by atomic mass is 32.1.